The first-order chi connectivity index (χ1) is 11.6. The molecule has 1 amide bonds. The number of benzene rings is 1. The highest BCUT2D eigenvalue weighted by Gasteiger charge is 2.34. The second-order valence-corrected chi connectivity index (χ2v) is 5.45. The molecule has 2 aromatic rings. The minimum absolute atomic E-state index is 0.0141. The predicted molar refractivity (Wildman–Crippen MR) is 83.0 cm³/mol. The van der Waals surface area contributed by atoms with Gasteiger partial charge in [-0.3, -0.25) is 19.6 Å². The summed E-state index contributed by atoms with van der Waals surface area (Å²) in [6.45, 7) is 3.07. The molecule has 0 aliphatic heterocycles. The van der Waals surface area contributed by atoms with E-state index in [0.717, 1.165) is 10.7 Å². The molecule has 7 nitrogen and oxygen atoms in total. The number of hydrogen-bond acceptors (Lipinski definition) is 4. The fourth-order valence-electron chi connectivity index (χ4n) is 2.20. The zero-order chi connectivity index (χ0) is 18.8. The summed E-state index contributed by atoms with van der Waals surface area (Å²) in [5, 5.41) is 16.7. The summed E-state index contributed by atoms with van der Waals surface area (Å²) in [7, 11) is 0. The van der Waals surface area contributed by atoms with E-state index >= 15 is 0 Å². The fourth-order valence-corrected chi connectivity index (χ4v) is 2.20. The van der Waals surface area contributed by atoms with Gasteiger partial charge in [-0.2, -0.15) is 18.3 Å². The van der Waals surface area contributed by atoms with Crippen molar-refractivity contribution >= 4 is 17.3 Å². The highest BCUT2D eigenvalue weighted by Crippen LogP contribution is 2.28. The quantitative estimate of drug-likeness (QED) is 0.656. The smallest absolute Gasteiger partial charge is 0.326 e. The molecule has 1 aromatic heterocycles. The van der Waals surface area contributed by atoms with E-state index in [1.807, 2.05) is 0 Å². The van der Waals surface area contributed by atoms with Crippen molar-refractivity contribution in [2.75, 3.05) is 5.32 Å². The lowest BCUT2D eigenvalue weighted by Gasteiger charge is -2.09. The van der Waals surface area contributed by atoms with Crippen LogP contribution in [0.5, 0.6) is 0 Å². The molecule has 0 spiro atoms. The monoisotopic (exact) mass is 356 g/mol. The van der Waals surface area contributed by atoms with Crippen molar-refractivity contribution in [2.24, 2.45) is 0 Å². The van der Waals surface area contributed by atoms with E-state index in [9.17, 15) is 28.1 Å². The molecular formula is C15H15F3N4O3. The number of nitro groups is 1. The van der Waals surface area contributed by atoms with Crippen molar-refractivity contribution in [3.63, 3.8) is 0 Å². The van der Waals surface area contributed by atoms with Gasteiger partial charge < -0.3 is 5.32 Å². The molecule has 1 N–H and O–H groups in total. The number of rotatable bonds is 5. The number of non-ortho nitro benzene ring substituents is 1. The van der Waals surface area contributed by atoms with Crippen LogP contribution in [0.15, 0.2) is 24.3 Å². The summed E-state index contributed by atoms with van der Waals surface area (Å²) < 4.78 is 38.9. The molecule has 0 aliphatic carbocycles. The van der Waals surface area contributed by atoms with Crippen LogP contribution in [-0.2, 0) is 17.5 Å². The van der Waals surface area contributed by atoms with E-state index in [2.05, 4.69) is 10.4 Å². The van der Waals surface area contributed by atoms with Crippen molar-refractivity contribution in [2.45, 2.75) is 33.0 Å². The predicted octanol–water partition coefficient (Wildman–Crippen LogP) is 3.46. The Morgan fingerprint density at radius 3 is 2.52 bits per heavy atom. The lowest BCUT2D eigenvalue weighted by atomic mass is 10.1. The van der Waals surface area contributed by atoms with Gasteiger partial charge in [0.15, 0.2) is 5.69 Å². The van der Waals surface area contributed by atoms with Crippen LogP contribution in [0.2, 0.25) is 0 Å². The molecule has 2 rings (SSSR count). The Morgan fingerprint density at radius 1 is 1.32 bits per heavy atom. The minimum atomic E-state index is -4.53. The molecule has 0 aliphatic rings. The zero-order valence-electron chi connectivity index (χ0n) is 13.4. The molecule has 0 saturated carbocycles. The highest BCUT2D eigenvalue weighted by atomic mass is 19.4. The van der Waals surface area contributed by atoms with Gasteiger partial charge >= 0.3 is 6.18 Å². The average Bonchev–Trinajstić information content (AvgIpc) is 2.88. The van der Waals surface area contributed by atoms with Crippen molar-refractivity contribution in [1.29, 1.82) is 0 Å². The lowest BCUT2D eigenvalue weighted by molar-refractivity contribution is -0.384. The highest BCUT2D eigenvalue weighted by molar-refractivity contribution is 5.91. The number of alkyl halides is 3. The minimum Gasteiger partial charge on any atom is -0.326 e. The van der Waals surface area contributed by atoms with Crippen LogP contribution in [0, 0.1) is 24.0 Å². The number of nitro benzene ring substituents is 1. The van der Waals surface area contributed by atoms with Crippen LogP contribution >= 0.6 is 0 Å². The van der Waals surface area contributed by atoms with Gasteiger partial charge in [-0.1, -0.05) is 0 Å². The number of nitrogens with zero attached hydrogens (tertiary/aromatic N) is 3. The summed E-state index contributed by atoms with van der Waals surface area (Å²) in [6, 6.07) is 4.91. The van der Waals surface area contributed by atoms with Crippen LogP contribution in [0.25, 0.3) is 0 Å². The molecule has 0 bridgehead atoms. The molecule has 0 unspecified atom stereocenters. The second kappa shape index (κ2) is 6.91. The first kappa shape index (κ1) is 18.4. The Kier molecular flexibility index (Phi) is 5.10. The van der Waals surface area contributed by atoms with Crippen molar-refractivity contribution in [3.05, 3.63) is 51.3 Å². The van der Waals surface area contributed by atoms with E-state index in [4.69, 9.17) is 0 Å². The summed E-state index contributed by atoms with van der Waals surface area (Å²) in [4.78, 5) is 22.1. The van der Waals surface area contributed by atoms with E-state index in [1.165, 1.54) is 25.1 Å². The van der Waals surface area contributed by atoms with Crippen LogP contribution in [0.1, 0.15) is 23.4 Å². The third kappa shape index (κ3) is 4.55. The lowest BCUT2D eigenvalue weighted by Crippen LogP contribution is -2.16. The summed E-state index contributed by atoms with van der Waals surface area (Å²) in [5.74, 6) is -0.430. The first-order valence-corrected chi connectivity index (χ1v) is 7.24. The number of halogens is 3. The maximum absolute atomic E-state index is 12.6. The first-order valence-electron chi connectivity index (χ1n) is 7.24. The number of amides is 1. The van der Waals surface area contributed by atoms with Crippen LogP contribution in [-0.4, -0.2) is 20.6 Å². The summed E-state index contributed by atoms with van der Waals surface area (Å²) in [5.41, 5.74) is 0.117. The third-order valence-electron chi connectivity index (χ3n) is 3.52. The number of nitrogens with one attached hydrogen (secondary N) is 1. The van der Waals surface area contributed by atoms with Crippen LogP contribution in [0.3, 0.4) is 0 Å². The van der Waals surface area contributed by atoms with E-state index < -0.39 is 22.7 Å². The van der Waals surface area contributed by atoms with Gasteiger partial charge in [-0.25, -0.2) is 0 Å². The molecule has 1 aromatic carbocycles. The van der Waals surface area contributed by atoms with Gasteiger partial charge in [0.2, 0.25) is 5.91 Å². The van der Waals surface area contributed by atoms with Gasteiger partial charge in [0, 0.05) is 36.5 Å². The van der Waals surface area contributed by atoms with Crippen molar-refractivity contribution < 1.29 is 22.9 Å². The largest absolute Gasteiger partial charge is 0.435 e. The number of hydrogen-bond donors (Lipinski definition) is 1. The summed E-state index contributed by atoms with van der Waals surface area (Å²) in [6.07, 6.45) is -4.62. The van der Waals surface area contributed by atoms with E-state index in [0.29, 0.717) is 16.9 Å². The van der Waals surface area contributed by atoms with E-state index in [-0.39, 0.29) is 18.7 Å². The molecule has 0 saturated heterocycles. The summed E-state index contributed by atoms with van der Waals surface area (Å²) >= 11 is 0. The Hall–Kier alpha value is -2.91. The molecular weight excluding hydrogens is 341 g/mol. The van der Waals surface area contributed by atoms with Gasteiger partial charge in [-0.15, -0.1) is 0 Å². The number of carbonyl (C=O) groups excluding carboxylic acids is 1. The van der Waals surface area contributed by atoms with Crippen molar-refractivity contribution in [3.8, 4) is 0 Å². The molecule has 0 fully saturated rings. The molecule has 0 atom stereocenters. The molecule has 25 heavy (non-hydrogen) atoms. The Bertz CT molecular complexity index is 815. The average molecular weight is 356 g/mol. The van der Waals surface area contributed by atoms with E-state index in [1.54, 1.807) is 6.92 Å². The maximum atomic E-state index is 12.6. The number of anilines is 1. The van der Waals surface area contributed by atoms with Gasteiger partial charge in [0.05, 0.1) is 4.92 Å². The second-order valence-electron chi connectivity index (χ2n) is 5.45. The molecule has 1 heterocycles. The standard InChI is InChI=1S/C15H15F3N4O3/c1-9-7-11(22(24)25)3-4-12(9)19-14(23)5-6-21-10(2)8-13(20-21)15(16,17)18/h3-4,7-8H,5-6H2,1-2H3,(H,19,23). The van der Waals surface area contributed by atoms with Crippen molar-refractivity contribution in [1.82, 2.24) is 9.78 Å². The number of aromatic nitrogens is 2. The molecule has 134 valence electrons. The maximum Gasteiger partial charge on any atom is 0.435 e. The molecule has 0 radical (unpaired) electrons. The van der Waals surface area contributed by atoms with Gasteiger partial charge in [0.25, 0.3) is 5.69 Å². The third-order valence-corrected chi connectivity index (χ3v) is 3.52. The molecule has 10 heteroatoms. The number of carbonyl (C=O) groups is 1. The normalized spacial score (nSPS) is 11.4. The topological polar surface area (TPSA) is 90.1 Å². The number of aryl methyl sites for hydroxylation is 3. The Morgan fingerprint density at radius 2 is 2.00 bits per heavy atom. The Labute approximate surface area is 140 Å². The van der Waals surface area contributed by atoms with Crippen LogP contribution in [0.4, 0.5) is 24.5 Å². The van der Waals surface area contributed by atoms with Gasteiger partial charge in [0.1, 0.15) is 0 Å². The van der Waals surface area contributed by atoms with Gasteiger partial charge in [-0.05, 0) is 31.5 Å². The van der Waals surface area contributed by atoms with Crippen LogP contribution < -0.4 is 5.32 Å². The SMILES string of the molecule is Cc1cc([N+](=O)[O-])ccc1NC(=O)CCn1nc(C(F)(F)F)cc1C. The Balaban J connectivity index is 2.00. The zero-order valence-corrected chi connectivity index (χ0v) is 13.4. The fraction of sp³-hybridized carbons (Fsp3) is 0.333.